The van der Waals surface area contributed by atoms with Crippen molar-refractivity contribution in [2.24, 2.45) is 12.8 Å². The molecule has 6 heteroatoms. The van der Waals surface area contributed by atoms with Gasteiger partial charge in [0, 0.05) is 25.0 Å². The van der Waals surface area contributed by atoms with Crippen molar-refractivity contribution in [3.05, 3.63) is 34.0 Å². The molecule has 90 valence electrons. The normalized spacial score (nSPS) is 10.7. The second kappa shape index (κ2) is 5.20. The van der Waals surface area contributed by atoms with Crippen LogP contribution in [-0.4, -0.2) is 27.1 Å². The van der Waals surface area contributed by atoms with Crippen molar-refractivity contribution >= 4 is 17.1 Å². The van der Waals surface area contributed by atoms with E-state index in [1.54, 1.807) is 10.1 Å². The molecule has 5 nitrogen and oxygen atoms in total. The second-order valence-electron chi connectivity index (χ2n) is 3.75. The van der Waals surface area contributed by atoms with E-state index in [1.807, 2.05) is 19.3 Å². The number of hydrogen-bond acceptors (Lipinski definition) is 5. The van der Waals surface area contributed by atoms with E-state index >= 15 is 0 Å². The first-order valence-electron chi connectivity index (χ1n) is 5.35. The predicted molar refractivity (Wildman–Crippen MR) is 66.1 cm³/mol. The Balaban J connectivity index is 2.03. The van der Waals surface area contributed by atoms with E-state index in [0.29, 0.717) is 18.7 Å². The molecule has 0 unspecified atom stereocenters. The Bertz CT molecular complexity index is 517. The lowest BCUT2D eigenvalue weighted by molar-refractivity contribution is 0.0987. The maximum absolute atomic E-state index is 11.9. The van der Waals surface area contributed by atoms with Crippen LogP contribution in [0.5, 0.6) is 0 Å². The van der Waals surface area contributed by atoms with Gasteiger partial charge in [-0.25, -0.2) is 4.98 Å². The summed E-state index contributed by atoms with van der Waals surface area (Å²) < 4.78 is 1.68. The molecule has 0 aliphatic rings. The largest absolute Gasteiger partial charge is 0.330 e. The van der Waals surface area contributed by atoms with E-state index in [9.17, 15) is 4.79 Å². The van der Waals surface area contributed by atoms with Gasteiger partial charge in [-0.2, -0.15) is 5.10 Å². The molecule has 0 amide bonds. The summed E-state index contributed by atoms with van der Waals surface area (Å²) >= 11 is 1.48. The molecule has 2 heterocycles. The van der Waals surface area contributed by atoms with Crippen LogP contribution in [-0.2, 0) is 19.9 Å². The van der Waals surface area contributed by atoms with Gasteiger partial charge in [0.2, 0.25) is 0 Å². The van der Waals surface area contributed by atoms with Crippen molar-refractivity contribution in [3.63, 3.8) is 0 Å². The maximum atomic E-state index is 11.9. The fraction of sp³-hybridized carbons (Fsp3) is 0.364. The van der Waals surface area contributed by atoms with E-state index in [-0.39, 0.29) is 5.78 Å². The molecular formula is C11H14N4OS. The molecule has 0 spiro atoms. The number of aryl methyl sites for hydroxylation is 1. The number of Topliss-reactive ketones (excluding diaryl/α,β-unsaturated/α-hetero) is 1. The van der Waals surface area contributed by atoms with Gasteiger partial charge in [-0.15, -0.1) is 11.3 Å². The lowest BCUT2D eigenvalue weighted by Gasteiger charge is -1.94. The van der Waals surface area contributed by atoms with E-state index in [4.69, 9.17) is 5.73 Å². The van der Waals surface area contributed by atoms with Crippen LogP contribution in [0.1, 0.15) is 21.2 Å². The minimum atomic E-state index is 0.00298. The number of rotatable bonds is 5. The van der Waals surface area contributed by atoms with Crippen molar-refractivity contribution < 1.29 is 4.79 Å². The number of nitrogens with zero attached hydrogens (tertiary/aromatic N) is 3. The Morgan fingerprint density at radius 1 is 1.59 bits per heavy atom. The molecule has 2 aromatic heterocycles. The Labute approximate surface area is 103 Å². The third-order valence-corrected chi connectivity index (χ3v) is 3.21. The average Bonchev–Trinajstić information content (AvgIpc) is 2.88. The molecule has 0 saturated carbocycles. The fourth-order valence-corrected chi connectivity index (χ4v) is 2.31. The summed E-state index contributed by atoms with van der Waals surface area (Å²) in [5.41, 5.74) is 6.73. The number of hydrogen-bond donors (Lipinski definition) is 1. The second-order valence-corrected chi connectivity index (χ2v) is 4.69. The monoisotopic (exact) mass is 250 g/mol. The minimum Gasteiger partial charge on any atom is -0.330 e. The van der Waals surface area contributed by atoms with Gasteiger partial charge in [-0.3, -0.25) is 9.48 Å². The molecule has 0 radical (unpaired) electrons. The summed E-state index contributed by atoms with van der Waals surface area (Å²) in [4.78, 5) is 16.2. The summed E-state index contributed by atoms with van der Waals surface area (Å²) in [5.74, 6) is 0.00298. The molecule has 2 rings (SSSR count). The van der Waals surface area contributed by atoms with Gasteiger partial charge in [-0.1, -0.05) is 0 Å². The summed E-state index contributed by atoms with van der Waals surface area (Å²) in [6, 6.07) is 1.84. The number of aromatic nitrogens is 3. The first-order chi connectivity index (χ1) is 8.19. The number of thiazole rings is 1. The van der Waals surface area contributed by atoms with Crippen molar-refractivity contribution in [3.8, 4) is 0 Å². The van der Waals surface area contributed by atoms with Gasteiger partial charge in [0.15, 0.2) is 5.78 Å². The van der Waals surface area contributed by atoms with Crippen molar-refractivity contribution in [2.45, 2.75) is 12.8 Å². The Morgan fingerprint density at radius 3 is 3.06 bits per heavy atom. The van der Waals surface area contributed by atoms with Crippen molar-refractivity contribution in [1.82, 2.24) is 14.8 Å². The molecule has 0 aliphatic carbocycles. The van der Waals surface area contributed by atoms with Gasteiger partial charge in [0.05, 0.1) is 17.1 Å². The van der Waals surface area contributed by atoms with Gasteiger partial charge in [-0.05, 0) is 12.6 Å². The van der Waals surface area contributed by atoms with E-state index in [0.717, 1.165) is 17.1 Å². The minimum absolute atomic E-state index is 0.00298. The summed E-state index contributed by atoms with van der Waals surface area (Å²) in [6.07, 6.45) is 2.84. The number of nitrogens with two attached hydrogens (primary N) is 1. The topological polar surface area (TPSA) is 73.8 Å². The molecule has 0 saturated heterocycles. The van der Waals surface area contributed by atoms with Gasteiger partial charge >= 0.3 is 0 Å². The smallest absolute Gasteiger partial charge is 0.188 e. The standard InChI is InChI=1S/C11H14N4OS/c1-15-5-3-8(14-15)6-10(16)9-7-17-11(13-9)2-4-12/h3,5,7H,2,4,6,12H2,1H3. The molecule has 17 heavy (non-hydrogen) atoms. The van der Waals surface area contributed by atoms with Gasteiger partial charge < -0.3 is 5.73 Å². The van der Waals surface area contributed by atoms with Crippen LogP contribution in [0.25, 0.3) is 0 Å². The summed E-state index contributed by atoms with van der Waals surface area (Å²) in [5, 5.41) is 6.87. The van der Waals surface area contributed by atoms with Crippen LogP contribution < -0.4 is 5.73 Å². The average molecular weight is 250 g/mol. The molecule has 2 N–H and O–H groups in total. The van der Waals surface area contributed by atoms with Gasteiger partial charge in [0.1, 0.15) is 5.69 Å². The maximum Gasteiger partial charge on any atom is 0.188 e. The first-order valence-corrected chi connectivity index (χ1v) is 6.23. The highest BCUT2D eigenvalue weighted by Crippen LogP contribution is 2.12. The van der Waals surface area contributed by atoms with Crippen LogP contribution in [0.2, 0.25) is 0 Å². The molecule has 0 bridgehead atoms. The van der Waals surface area contributed by atoms with E-state index < -0.39 is 0 Å². The zero-order valence-corrected chi connectivity index (χ0v) is 10.4. The first kappa shape index (κ1) is 11.9. The van der Waals surface area contributed by atoms with Crippen LogP contribution in [0.3, 0.4) is 0 Å². The lowest BCUT2D eigenvalue weighted by Crippen LogP contribution is -2.06. The molecule has 0 aliphatic heterocycles. The Hall–Kier alpha value is -1.53. The molecule has 0 atom stereocenters. The Kier molecular flexibility index (Phi) is 3.65. The van der Waals surface area contributed by atoms with Crippen LogP contribution in [0.4, 0.5) is 0 Å². The quantitative estimate of drug-likeness (QED) is 0.797. The van der Waals surface area contributed by atoms with Crippen LogP contribution in [0.15, 0.2) is 17.6 Å². The summed E-state index contributed by atoms with van der Waals surface area (Å²) in [6.45, 7) is 0.557. The number of carbonyl (C=O) groups is 1. The predicted octanol–water partition coefficient (Wildman–Crippen LogP) is 0.803. The van der Waals surface area contributed by atoms with Gasteiger partial charge in [0.25, 0.3) is 0 Å². The molecule has 2 aromatic rings. The van der Waals surface area contributed by atoms with Crippen molar-refractivity contribution in [1.29, 1.82) is 0 Å². The van der Waals surface area contributed by atoms with Crippen LogP contribution >= 0.6 is 11.3 Å². The molecule has 0 fully saturated rings. The highest BCUT2D eigenvalue weighted by Gasteiger charge is 2.12. The highest BCUT2D eigenvalue weighted by molar-refractivity contribution is 7.09. The fourth-order valence-electron chi connectivity index (χ4n) is 1.49. The molecule has 0 aromatic carbocycles. The highest BCUT2D eigenvalue weighted by atomic mass is 32.1. The number of carbonyl (C=O) groups excluding carboxylic acids is 1. The zero-order valence-electron chi connectivity index (χ0n) is 9.59. The van der Waals surface area contributed by atoms with E-state index in [2.05, 4.69) is 10.1 Å². The lowest BCUT2D eigenvalue weighted by atomic mass is 10.2. The van der Waals surface area contributed by atoms with Crippen molar-refractivity contribution in [2.75, 3.05) is 6.54 Å². The number of ketones is 1. The zero-order chi connectivity index (χ0) is 12.3. The third-order valence-electron chi connectivity index (χ3n) is 2.31. The van der Waals surface area contributed by atoms with Crippen LogP contribution in [0, 0.1) is 0 Å². The van der Waals surface area contributed by atoms with E-state index in [1.165, 1.54) is 11.3 Å². The third kappa shape index (κ3) is 2.98. The summed E-state index contributed by atoms with van der Waals surface area (Å²) in [7, 11) is 1.83. The molecular weight excluding hydrogens is 236 g/mol. The SMILES string of the molecule is Cn1ccc(CC(=O)c2csc(CCN)n2)n1. The Morgan fingerprint density at radius 2 is 2.41 bits per heavy atom.